The lowest BCUT2D eigenvalue weighted by Gasteiger charge is -2.17. The van der Waals surface area contributed by atoms with Crippen LogP contribution in [0.25, 0.3) is 0 Å². The molecule has 1 heterocycles. The molecule has 0 aromatic carbocycles. The lowest BCUT2D eigenvalue weighted by Crippen LogP contribution is -2.28. The van der Waals surface area contributed by atoms with Crippen molar-refractivity contribution in [1.82, 2.24) is 10.4 Å². The second-order valence-corrected chi connectivity index (χ2v) is 3.95. The second-order valence-electron chi connectivity index (χ2n) is 3.95. The largest absolute Gasteiger partial charge is 0.271 e. The third kappa shape index (κ3) is 3.46. The van der Waals surface area contributed by atoms with Gasteiger partial charge in [-0.25, -0.2) is 0 Å². The van der Waals surface area contributed by atoms with E-state index < -0.39 is 0 Å². The van der Waals surface area contributed by atoms with E-state index in [2.05, 4.69) is 23.9 Å². The normalized spacial score (nSPS) is 12.5. The maximum absolute atomic E-state index is 5.55. The molecule has 0 fully saturated rings. The number of aromatic nitrogens is 1. The average Bonchev–Trinajstić information content (AvgIpc) is 2.21. The van der Waals surface area contributed by atoms with Crippen molar-refractivity contribution in [1.29, 1.82) is 0 Å². The molecule has 0 radical (unpaired) electrons. The SMILES string of the molecule is C=C(C)CCC(NN)c1cnccc1C. The fraction of sp³-hybridized carbons (Fsp3) is 0.417. The van der Waals surface area contributed by atoms with E-state index in [1.54, 1.807) is 6.20 Å². The van der Waals surface area contributed by atoms with Crippen LogP contribution in [0, 0.1) is 6.92 Å². The van der Waals surface area contributed by atoms with Crippen LogP contribution in [0.1, 0.15) is 36.9 Å². The maximum Gasteiger partial charge on any atom is 0.0480 e. The number of hydrogen-bond donors (Lipinski definition) is 2. The molecule has 0 aliphatic rings. The van der Waals surface area contributed by atoms with Crippen LogP contribution >= 0.6 is 0 Å². The highest BCUT2D eigenvalue weighted by Crippen LogP contribution is 2.21. The molecular weight excluding hydrogens is 186 g/mol. The topological polar surface area (TPSA) is 50.9 Å². The number of hydrogen-bond acceptors (Lipinski definition) is 3. The molecule has 0 amide bonds. The van der Waals surface area contributed by atoms with Gasteiger partial charge in [-0.2, -0.15) is 0 Å². The minimum Gasteiger partial charge on any atom is -0.271 e. The molecule has 0 aliphatic heterocycles. The van der Waals surface area contributed by atoms with Crippen molar-refractivity contribution in [2.45, 2.75) is 32.7 Å². The Morgan fingerprint density at radius 1 is 1.67 bits per heavy atom. The van der Waals surface area contributed by atoms with Crippen molar-refractivity contribution in [2.75, 3.05) is 0 Å². The number of nitrogens with two attached hydrogens (primary N) is 1. The summed E-state index contributed by atoms with van der Waals surface area (Å²) in [6, 6.07) is 2.16. The molecule has 0 bridgehead atoms. The van der Waals surface area contributed by atoms with E-state index in [1.807, 2.05) is 19.2 Å². The van der Waals surface area contributed by atoms with Gasteiger partial charge in [0.15, 0.2) is 0 Å². The van der Waals surface area contributed by atoms with Crippen molar-refractivity contribution < 1.29 is 0 Å². The Hall–Kier alpha value is -1.19. The zero-order valence-electron chi connectivity index (χ0n) is 9.46. The Morgan fingerprint density at radius 3 is 2.93 bits per heavy atom. The van der Waals surface area contributed by atoms with Gasteiger partial charge in [-0.15, -0.1) is 6.58 Å². The molecule has 3 heteroatoms. The van der Waals surface area contributed by atoms with Crippen LogP contribution in [0.5, 0.6) is 0 Å². The number of nitrogens with one attached hydrogen (secondary N) is 1. The molecule has 1 aromatic heterocycles. The molecule has 1 aromatic rings. The Morgan fingerprint density at radius 2 is 2.40 bits per heavy atom. The van der Waals surface area contributed by atoms with Gasteiger partial charge in [0.05, 0.1) is 0 Å². The van der Waals surface area contributed by atoms with Crippen molar-refractivity contribution >= 4 is 0 Å². The van der Waals surface area contributed by atoms with Gasteiger partial charge in [0, 0.05) is 18.4 Å². The molecule has 1 rings (SSSR count). The van der Waals surface area contributed by atoms with E-state index in [9.17, 15) is 0 Å². The van der Waals surface area contributed by atoms with Crippen molar-refractivity contribution in [3.8, 4) is 0 Å². The Kier molecular flexibility index (Phi) is 4.46. The summed E-state index contributed by atoms with van der Waals surface area (Å²) in [5.41, 5.74) is 6.40. The first-order valence-electron chi connectivity index (χ1n) is 5.16. The van der Waals surface area contributed by atoms with Crippen LogP contribution in [-0.2, 0) is 0 Å². The summed E-state index contributed by atoms with van der Waals surface area (Å²) in [6.07, 6.45) is 5.60. The summed E-state index contributed by atoms with van der Waals surface area (Å²) in [5.74, 6) is 5.55. The summed E-state index contributed by atoms with van der Waals surface area (Å²) in [6.45, 7) is 8.00. The Balaban J connectivity index is 2.74. The van der Waals surface area contributed by atoms with Crippen molar-refractivity contribution in [2.24, 2.45) is 5.84 Å². The average molecular weight is 205 g/mol. The maximum atomic E-state index is 5.55. The van der Waals surface area contributed by atoms with Crippen LogP contribution in [-0.4, -0.2) is 4.98 Å². The zero-order chi connectivity index (χ0) is 11.3. The number of nitrogens with zero attached hydrogens (tertiary/aromatic N) is 1. The first-order chi connectivity index (χ1) is 7.15. The first-order valence-corrected chi connectivity index (χ1v) is 5.16. The van der Waals surface area contributed by atoms with Gasteiger partial charge in [-0.05, 0) is 43.9 Å². The van der Waals surface area contributed by atoms with Crippen LogP contribution in [0.4, 0.5) is 0 Å². The third-order valence-corrected chi connectivity index (χ3v) is 2.52. The lowest BCUT2D eigenvalue weighted by molar-refractivity contribution is 0.512. The molecule has 0 saturated heterocycles. The fourth-order valence-electron chi connectivity index (χ4n) is 1.56. The molecular formula is C12H19N3. The molecule has 0 saturated carbocycles. The van der Waals surface area contributed by atoms with Crippen LogP contribution in [0.2, 0.25) is 0 Å². The third-order valence-electron chi connectivity index (χ3n) is 2.52. The molecule has 3 nitrogen and oxygen atoms in total. The van der Waals surface area contributed by atoms with Gasteiger partial charge in [0.25, 0.3) is 0 Å². The predicted octanol–water partition coefficient (Wildman–Crippen LogP) is 2.25. The summed E-state index contributed by atoms with van der Waals surface area (Å²) >= 11 is 0. The van der Waals surface area contributed by atoms with Gasteiger partial charge < -0.3 is 0 Å². The highest BCUT2D eigenvalue weighted by Gasteiger charge is 2.11. The number of rotatable bonds is 5. The van der Waals surface area contributed by atoms with Crippen LogP contribution in [0.3, 0.4) is 0 Å². The highest BCUT2D eigenvalue weighted by molar-refractivity contribution is 5.25. The fourth-order valence-corrected chi connectivity index (χ4v) is 1.56. The standard InChI is InChI=1S/C12H19N3/c1-9(2)4-5-12(15-13)11-8-14-7-6-10(11)3/h6-8,12,15H,1,4-5,13H2,2-3H3. The van der Waals surface area contributed by atoms with Crippen LogP contribution < -0.4 is 11.3 Å². The van der Waals surface area contributed by atoms with Gasteiger partial charge in [-0.1, -0.05) is 5.57 Å². The van der Waals surface area contributed by atoms with E-state index in [-0.39, 0.29) is 6.04 Å². The van der Waals surface area contributed by atoms with Crippen LogP contribution in [0.15, 0.2) is 30.6 Å². The summed E-state index contributed by atoms with van der Waals surface area (Å²) in [5, 5.41) is 0. The molecule has 3 N–H and O–H groups in total. The first kappa shape index (κ1) is 11.9. The summed E-state index contributed by atoms with van der Waals surface area (Å²) in [4.78, 5) is 4.12. The van der Waals surface area contributed by atoms with E-state index in [1.165, 1.54) is 16.7 Å². The molecule has 15 heavy (non-hydrogen) atoms. The number of hydrazine groups is 1. The molecule has 82 valence electrons. The molecule has 1 unspecified atom stereocenters. The van der Waals surface area contributed by atoms with E-state index in [0.717, 1.165) is 12.8 Å². The summed E-state index contributed by atoms with van der Waals surface area (Å²) < 4.78 is 0. The minimum atomic E-state index is 0.162. The van der Waals surface area contributed by atoms with Gasteiger partial charge >= 0.3 is 0 Å². The van der Waals surface area contributed by atoms with E-state index in [4.69, 9.17) is 5.84 Å². The Bertz CT molecular complexity index is 333. The quantitative estimate of drug-likeness (QED) is 0.440. The number of allylic oxidation sites excluding steroid dienone is 1. The zero-order valence-corrected chi connectivity index (χ0v) is 9.46. The predicted molar refractivity (Wildman–Crippen MR) is 63.1 cm³/mol. The van der Waals surface area contributed by atoms with Crippen molar-refractivity contribution in [3.63, 3.8) is 0 Å². The smallest absolute Gasteiger partial charge is 0.0480 e. The van der Waals surface area contributed by atoms with Gasteiger partial charge in [0.2, 0.25) is 0 Å². The van der Waals surface area contributed by atoms with Gasteiger partial charge in [0.1, 0.15) is 0 Å². The number of aryl methyl sites for hydroxylation is 1. The highest BCUT2D eigenvalue weighted by atomic mass is 15.2. The van der Waals surface area contributed by atoms with E-state index >= 15 is 0 Å². The molecule has 0 spiro atoms. The van der Waals surface area contributed by atoms with E-state index in [0.29, 0.717) is 0 Å². The Labute approximate surface area is 91.4 Å². The molecule has 0 aliphatic carbocycles. The second kappa shape index (κ2) is 5.63. The lowest BCUT2D eigenvalue weighted by atomic mass is 9.98. The number of pyridine rings is 1. The van der Waals surface area contributed by atoms with Gasteiger partial charge in [-0.3, -0.25) is 16.3 Å². The monoisotopic (exact) mass is 205 g/mol. The minimum absolute atomic E-state index is 0.162. The summed E-state index contributed by atoms with van der Waals surface area (Å²) in [7, 11) is 0. The molecule has 1 atom stereocenters. The van der Waals surface area contributed by atoms with Crippen molar-refractivity contribution in [3.05, 3.63) is 41.7 Å².